The van der Waals surface area contributed by atoms with Gasteiger partial charge in [-0.3, -0.25) is 14.6 Å². The van der Waals surface area contributed by atoms with E-state index in [-0.39, 0.29) is 37.4 Å². The summed E-state index contributed by atoms with van der Waals surface area (Å²) in [6.45, 7) is 3.73. The lowest BCUT2D eigenvalue weighted by Gasteiger charge is -2.17. The zero-order valence-electron chi connectivity index (χ0n) is 16.3. The van der Waals surface area contributed by atoms with E-state index in [4.69, 9.17) is 9.47 Å². The lowest BCUT2D eigenvalue weighted by molar-refractivity contribution is -0.146. The van der Waals surface area contributed by atoms with Crippen molar-refractivity contribution in [2.24, 2.45) is 0 Å². The number of pyridine rings is 1. The van der Waals surface area contributed by atoms with Gasteiger partial charge in [0.1, 0.15) is 11.9 Å². The Morgan fingerprint density at radius 1 is 1.03 bits per heavy atom. The number of hydrogen-bond acceptors (Lipinski definition) is 6. The number of amides is 1. The van der Waals surface area contributed by atoms with Crippen LogP contribution in [0, 0.1) is 5.82 Å². The van der Waals surface area contributed by atoms with Gasteiger partial charge >= 0.3 is 11.9 Å². The summed E-state index contributed by atoms with van der Waals surface area (Å²) in [6, 6.07) is 8.02. The zero-order valence-corrected chi connectivity index (χ0v) is 16.3. The molecule has 29 heavy (non-hydrogen) atoms. The molecule has 0 radical (unpaired) electrons. The molecule has 1 N–H and O–H groups in total. The Hall–Kier alpha value is -3.29. The van der Waals surface area contributed by atoms with E-state index in [1.807, 2.05) is 0 Å². The number of benzene rings is 1. The second kappa shape index (κ2) is 10.9. The molecule has 0 saturated heterocycles. The van der Waals surface area contributed by atoms with Crippen molar-refractivity contribution >= 4 is 17.8 Å². The average Bonchev–Trinajstić information content (AvgIpc) is 2.72. The average molecular weight is 402 g/mol. The van der Waals surface area contributed by atoms with Crippen molar-refractivity contribution in [1.82, 2.24) is 10.3 Å². The molecule has 154 valence electrons. The fourth-order valence-corrected chi connectivity index (χ4v) is 2.55. The summed E-state index contributed by atoms with van der Waals surface area (Å²) in [5, 5.41) is 2.57. The first-order valence-electron chi connectivity index (χ1n) is 9.29. The highest BCUT2D eigenvalue weighted by Gasteiger charge is 2.24. The largest absolute Gasteiger partial charge is 0.466 e. The Morgan fingerprint density at radius 3 is 2.31 bits per heavy atom. The van der Waals surface area contributed by atoms with E-state index in [1.54, 1.807) is 38.1 Å². The van der Waals surface area contributed by atoms with Gasteiger partial charge in [0.05, 0.1) is 24.5 Å². The number of nitrogens with one attached hydrogen (secondary N) is 1. The summed E-state index contributed by atoms with van der Waals surface area (Å²) in [6.07, 6.45) is 1.39. The van der Waals surface area contributed by atoms with Crippen molar-refractivity contribution in [2.45, 2.75) is 32.7 Å². The van der Waals surface area contributed by atoms with E-state index in [0.717, 1.165) is 0 Å². The topological polar surface area (TPSA) is 94.6 Å². The van der Waals surface area contributed by atoms with Crippen LogP contribution >= 0.6 is 0 Å². The van der Waals surface area contributed by atoms with Gasteiger partial charge in [-0.1, -0.05) is 0 Å². The summed E-state index contributed by atoms with van der Waals surface area (Å²) in [5.74, 6) is -1.95. The van der Waals surface area contributed by atoms with Crippen molar-refractivity contribution in [1.29, 1.82) is 0 Å². The molecule has 0 unspecified atom stereocenters. The van der Waals surface area contributed by atoms with Crippen LogP contribution in [0.25, 0.3) is 11.3 Å². The summed E-state index contributed by atoms with van der Waals surface area (Å²) in [5.41, 5.74) is 1.52. The van der Waals surface area contributed by atoms with E-state index in [9.17, 15) is 18.8 Å². The van der Waals surface area contributed by atoms with Gasteiger partial charge in [-0.2, -0.15) is 0 Å². The van der Waals surface area contributed by atoms with Gasteiger partial charge in [-0.25, -0.2) is 9.18 Å². The van der Waals surface area contributed by atoms with Crippen LogP contribution in [0.1, 0.15) is 37.0 Å². The first-order chi connectivity index (χ1) is 13.9. The smallest absolute Gasteiger partial charge is 0.328 e. The minimum absolute atomic E-state index is 0.0284. The molecule has 2 aromatic rings. The minimum atomic E-state index is -0.983. The summed E-state index contributed by atoms with van der Waals surface area (Å²) >= 11 is 0. The maximum absolute atomic E-state index is 13.0. The van der Waals surface area contributed by atoms with Crippen molar-refractivity contribution in [2.75, 3.05) is 13.2 Å². The van der Waals surface area contributed by atoms with Crippen LogP contribution in [0.3, 0.4) is 0 Å². The van der Waals surface area contributed by atoms with E-state index >= 15 is 0 Å². The molecule has 1 amide bonds. The minimum Gasteiger partial charge on any atom is -0.466 e. The number of hydrogen-bond donors (Lipinski definition) is 1. The molecule has 0 fully saturated rings. The van der Waals surface area contributed by atoms with Gasteiger partial charge in [-0.15, -0.1) is 0 Å². The number of rotatable bonds is 9. The lowest BCUT2D eigenvalue weighted by atomic mass is 10.1. The lowest BCUT2D eigenvalue weighted by Crippen LogP contribution is -2.42. The maximum Gasteiger partial charge on any atom is 0.328 e. The second-order valence-corrected chi connectivity index (χ2v) is 6.06. The number of halogens is 1. The molecule has 2 rings (SSSR count). The Labute approximate surface area is 168 Å². The Kier molecular flexibility index (Phi) is 8.27. The number of aromatic nitrogens is 1. The predicted octanol–water partition coefficient (Wildman–Crippen LogP) is 2.89. The van der Waals surface area contributed by atoms with Crippen molar-refractivity contribution in [3.63, 3.8) is 0 Å². The van der Waals surface area contributed by atoms with Gasteiger partial charge in [0.25, 0.3) is 5.91 Å². The van der Waals surface area contributed by atoms with Crippen molar-refractivity contribution in [3.8, 4) is 11.3 Å². The third kappa shape index (κ3) is 6.67. The molecule has 0 aliphatic rings. The van der Waals surface area contributed by atoms with Crippen molar-refractivity contribution < 1.29 is 28.2 Å². The van der Waals surface area contributed by atoms with Crippen LogP contribution in [0.5, 0.6) is 0 Å². The van der Waals surface area contributed by atoms with Gasteiger partial charge in [0, 0.05) is 18.2 Å². The van der Waals surface area contributed by atoms with Gasteiger partial charge in [-0.05, 0) is 56.7 Å². The molecule has 7 nitrogen and oxygen atoms in total. The highest BCUT2D eigenvalue weighted by atomic mass is 19.1. The molecule has 0 saturated carbocycles. The third-order valence-electron chi connectivity index (χ3n) is 3.98. The molecule has 1 heterocycles. The highest BCUT2D eigenvalue weighted by molar-refractivity contribution is 5.96. The normalized spacial score (nSPS) is 11.4. The molecule has 1 aromatic carbocycles. The number of ether oxygens (including phenoxy) is 2. The Bertz CT molecular complexity index is 837. The summed E-state index contributed by atoms with van der Waals surface area (Å²) in [7, 11) is 0. The van der Waals surface area contributed by atoms with E-state index in [1.165, 1.54) is 18.3 Å². The third-order valence-corrected chi connectivity index (χ3v) is 3.98. The van der Waals surface area contributed by atoms with E-state index < -0.39 is 23.9 Å². The molecule has 0 aliphatic heterocycles. The molecule has 0 bridgehead atoms. The molecule has 0 spiro atoms. The second-order valence-electron chi connectivity index (χ2n) is 6.06. The van der Waals surface area contributed by atoms with Crippen LogP contribution in [0.2, 0.25) is 0 Å². The quantitative estimate of drug-likeness (QED) is 0.648. The fraction of sp³-hybridized carbons (Fsp3) is 0.333. The maximum atomic E-state index is 13.0. The first kappa shape index (κ1) is 22.0. The Balaban J connectivity index is 2.06. The number of nitrogens with zero attached hydrogens (tertiary/aromatic N) is 1. The summed E-state index contributed by atoms with van der Waals surface area (Å²) in [4.78, 5) is 40.4. The number of esters is 2. The Morgan fingerprint density at radius 2 is 1.72 bits per heavy atom. The van der Waals surface area contributed by atoms with E-state index in [2.05, 4.69) is 10.3 Å². The van der Waals surface area contributed by atoms with Crippen molar-refractivity contribution in [3.05, 3.63) is 54.0 Å². The van der Waals surface area contributed by atoms with Crippen LogP contribution in [0.4, 0.5) is 4.39 Å². The molecular weight excluding hydrogens is 379 g/mol. The SMILES string of the molecule is CCOC(=O)CC[C@H](NC(=O)c1ccc(-c2ccc(F)cc2)nc1)C(=O)OCC. The van der Waals surface area contributed by atoms with Gasteiger partial charge in [0.15, 0.2) is 0 Å². The molecule has 1 aromatic heterocycles. The monoisotopic (exact) mass is 402 g/mol. The molecule has 8 heteroatoms. The first-order valence-corrected chi connectivity index (χ1v) is 9.29. The highest BCUT2D eigenvalue weighted by Crippen LogP contribution is 2.17. The van der Waals surface area contributed by atoms with Gasteiger partial charge in [0.2, 0.25) is 0 Å². The van der Waals surface area contributed by atoms with E-state index in [0.29, 0.717) is 11.3 Å². The number of carbonyl (C=O) groups is 3. The fourth-order valence-electron chi connectivity index (χ4n) is 2.55. The number of carbonyl (C=O) groups excluding carboxylic acids is 3. The van der Waals surface area contributed by atoms with Crippen LogP contribution in [0.15, 0.2) is 42.6 Å². The van der Waals surface area contributed by atoms with Crippen LogP contribution in [-0.2, 0) is 19.1 Å². The zero-order chi connectivity index (χ0) is 21.2. The predicted molar refractivity (Wildman–Crippen MR) is 103 cm³/mol. The molecule has 1 atom stereocenters. The molecule has 0 aliphatic carbocycles. The van der Waals surface area contributed by atoms with Crippen LogP contribution < -0.4 is 5.32 Å². The van der Waals surface area contributed by atoms with Crippen LogP contribution in [-0.4, -0.2) is 42.1 Å². The van der Waals surface area contributed by atoms with Gasteiger partial charge < -0.3 is 14.8 Å². The summed E-state index contributed by atoms with van der Waals surface area (Å²) < 4.78 is 22.8. The standard InChI is InChI=1S/C21H23FN2O5/c1-3-28-19(25)12-11-18(21(27)29-4-2)24-20(26)15-7-10-17(23-13-15)14-5-8-16(22)9-6-14/h5-10,13,18H,3-4,11-12H2,1-2H3,(H,24,26)/t18-/m0/s1. The molecular formula is C21H23FN2O5.